The topological polar surface area (TPSA) is 127 Å². The zero-order valence-corrected chi connectivity index (χ0v) is 17.3. The van der Waals surface area contributed by atoms with Crippen LogP contribution in [0.1, 0.15) is 5.76 Å². The van der Waals surface area contributed by atoms with E-state index in [0.717, 1.165) is 0 Å². The summed E-state index contributed by atoms with van der Waals surface area (Å²) in [6.07, 6.45) is 0.584. The number of rotatable bonds is 8. The second kappa shape index (κ2) is 8.70. The Morgan fingerprint density at radius 1 is 1.29 bits per heavy atom. The molecule has 1 aromatic carbocycles. The van der Waals surface area contributed by atoms with E-state index < -0.39 is 17.4 Å². The van der Waals surface area contributed by atoms with E-state index in [1.165, 1.54) is 16.2 Å². The molecule has 0 saturated heterocycles. The molecule has 162 valence electrons. The summed E-state index contributed by atoms with van der Waals surface area (Å²) < 4.78 is 13.7. The molecule has 0 saturated carbocycles. The van der Waals surface area contributed by atoms with Crippen LogP contribution in [0, 0.1) is 0 Å². The minimum absolute atomic E-state index is 0.00582. The van der Waals surface area contributed by atoms with Gasteiger partial charge in [-0.25, -0.2) is 4.79 Å². The average molecular weight is 446 g/mol. The van der Waals surface area contributed by atoms with Crippen molar-refractivity contribution in [2.24, 2.45) is 7.05 Å². The molecule has 1 unspecified atom stereocenters. The number of nitrogens with one attached hydrogen (secondary N) is 2. The van der Waals surface area contributed by atoms with Crippen LogP contribution in [0.4, 0.5) is 5.95 Å². The van der Waals surface area contributed by atoms with Crippen LogP contribution in [0.15, 0.2) is 56.7 Å². The van der Waals surface area contributed by atoms with E-state index in [9.17, 15) is 14.7 Å². The number of nitrogens with zero attached hydrogens (tertiary/aromatic N) is 3. The first kappa shape index (κ1) is 20.8. The Balaban J connectivity index is 1.61. The van der Waals surface area contributed by atoms with Gasteiger partial charge in [-0.3, -0.25) is 14.3 Å². The largest absolute Gasteiger partial charge is 0.491 e. The number of imidazole rings is 1. The van der Waals surface area contributed by atoms with Crippen molar-refractivity contribution in [1.82, 2.24) is 19.1 Å². The lowest BCUT2D eigenvalue weighted by molar-refractivity contribution is 0.0938. The summed E-state index contributed by atoms with van der Waals surface area (Å²) >= 11 is 5.86. The number of ether oxygens (including phenoxy) is 1. The van der Waals surface area contributed by atoms with Gasteiger partial charge in [0.1, 0.15) is 24.2 Å². The van der Waals surface area contributed by atoms with Gasteiger partial charge in [0, 0.05) is 12.1 Å². The van der Waals surface area contributed by atoms with Crippen LogP contribution in [-0.2, 0) is 20.1 Å². The Morgan fingerprint density at radius 2 is 2.06 bits per heavy atom. The third-order valence-corrected chi connectivity index (χ3v) is 4.91. The van der Waals surface area contributed by atoms with E-state index in [1.54, 1.807) is 42.7 Å². The molecule has 10 nitrogen and oxygen atoms in total. The number of benzene rings is 1. The summed E-state index contributed by atoms with van der Waals surface area (Å²) in [6, 6.07) is 10.3. The van der Waals surface area contributed by atoms with Crippen molar-refractivity contribution in [3.63, 3.8) is 0 Å². The molecule has 31 heavy (non-hydrogen) atoms. The van der Waals surface area contributed by atoms with E-state index in [4.69, 9.17) is 20.8 Å². The van der Waals surface area contributed by atoms with Crippen molar-refractivity contribution in [1.29, 1.82) is 0 Å². The molecular formula is C20H20ClN5O5. The van der Waals surface area contributed by atoms with Crippen LogP contribution in [0.3, 0.4) is 0 Å². The Morgan fingerprint density at radius 3 is 2.77 bits per heavy atom. The van der Waals surface area contributed by atoms with Gasteiger partial charge in [-0.15, -0.1) is 0 Å². The maximum Gasteiger partial charge on any atom is 0.329 e. The van der Waals surface area contributed by atoms with Gasteiger partial charge in [0.15, 0.2) is 11.2 Å². The number of aliphatic hydroxyl groups is 1. The molecule has 4 aromatic rings. The van der Waals surface area contributed by atoms with E-state index in [2.05, 4.69) is 15.3 Å². The van der Waals surface area contributed by atoms with Gasteiger partial charge in [-0.2, -0.15) is 4.98 Å². The third-order valence-electron chi connectivity index (χ3n) is 4.66. The number of hydrogen-bond donors (Lipinski definition) is 3. The summed E-state index contributed by atoms with van der Waals surface area (Å²) in [6.45, 7) is 0.286. The Kier molecular flexibility index (Phi) is 5.83. The summed E-state index contributed by atoms with van der Waals surface area (Å²) in [7, 11) is 1.51. The van der Waals surface area contributed by atoms with Crippen LogP contribution in [0.5, 0.6) is 5.75 Å². The molecule has 3 N–H and O–H groups in total. The minimum atomic E-state index is -0.964. The second-order valence-electron chi connectivity index (χ2n) is 6.89. The number of hydrogen-bond acceptors (Lipinski definition) is 7. The first-order chi connectivity index (χ1) is 14.9. The van der Waals surface area contributed by atoms with Gasteiger partial charge in [0.25, 0.3) is 5.56 Å². The highest BCUT2D eigenvalue weighted by atomic mass is 35.5. The number of aliphatic hydroxyl groups excluding tert-OH is 1. The maximum atomic E-state index is 12.5. The van der Waals surface area contributed by atoms with Crippen molar-refractivity contribution in [3.05, 3.63) is 74.3 Å². The molecular weight excluding hydrogens is 426 g/mol. The molecule has 3 heterocycles. The van der Waals surface area contributed by atoms with Gasteiger partial charge in [0.05, 0.1) is 19.4 Å². The quantitative estimate of drug-likeness (QED) is 0.377. The Labute approximate surface area is 180 Å². The van der Waals surface area contributed by atoms with Crippen LogP contribution in [0.25, 0.3) is 11.2 Å². The van der Waals surface area contributed by atoms with Crippen LogP contribution in [-0.4, -0.2) is 36.9 Å². The van der Waals surface area contributed by atoms with Gasteiger partial charge in [-0.05, 0) is 36.4 Å². The first-order valence-corrected chi connectivity index (χ1v) is 9.82. The van der Waals surface area contributed by atoms with Crippen molar-refractivity contribution >= 4 is 28.7 Å². The average Bonchev–Trinajstić information content (AvgIpc) is 3.38. The standard InChI is InChI=1S/C20H20ClN5O5/c1-25-17-16(18(28)24-20(25)29)26(19(23-17)22-9-15-3-2-8-30-15)10-13(27)11-31-14-6-4-12(21)5-7-14/h2-8,13,27H,9-11H2,1H3,(H,22,23)(H,24,28,29). The lowest BCUT2D eigenvalue weighted by Crippen LogP contribution is -2.30. The molecule has 0 aliphatic heterocycles. The summed E-state index contributed by atoms with van der Waals surface area (Å²) in [5.41, 5.74) is -0.815. The van der Waals surface area contributed by atoms with Crippen molar-refractivity contribution in [2.45, 2.75) is 19.2 Å². The number of halogens is 1. The molecule has 0 bridgehead atoms. The fourth-order valence-corrected chi connectivity index (χ4v) is 3.24. The first-order valence-electron chi connectivity index (χ1n) is 9.44. The van der Waals surface area contributed by atoms with Gasteiger partial charge in [0.2, 0.25) is 5.95 Å². The predicted octanol–water partition coefficient (Wildman–Crippen LogP) is 1.72. The van der Waals surface area contributed by atoms with Gasteiger partial charge < -0.3 is 24.1 Å². The van der Waals surface area contributed by atoms with Crippen molar-refractivity contribution in [2.75, 3.05) is 11.9 Å². The van der Waals surface area contributed by atoms with E-state index in [1.807, 2.05) is 0 Å². The fraction of sp³-hybridized carbons (Fsp3) is 0.250. The molecule has 0 aliphatic rings. The van der Waals surface area contributed by atoms with E-state index >= 15 is 0 Å². The zero-order valence-electron chi connectivity index (χ0n) is 16.5. The van der Waals surface area contributed by atoms with Gasteiger partial charge in [-0.1, -0.05) is 11.6 Å². The number of aromatic nitrogens is 4. The van der Waals surface area contributed by atoms with E-state index in [0.29, 0.717) is 29.0 Å². The number of aryl methyl sites for hydroxylation is 1. The fourth-order valence-electron chi connectivity index (χ4n) is 3.11. The monoisotopic (exact) mass is 445 g/mol. The summed E-state index contributed by atoms with van der Waals surface area (Å²) in [5, 5.41) is 14.2. The zero-order chi connectivity index (χ0) is 22.0. The number of aromatic amines is 1. The molecule has 0 radical (unpaired) electrons. The number of anilines is 1. The molecule has 0 spiro atoms. The maximum absolute atomic E-state index is 12.5. The lowest BCUT2D eigenvalue weighted by atomic mass is 10.3. The summed E-state index contributed by atoms with van der Waals surface area (Å²) in [4.78, 5) is 31.1. The van der Waals surface area contributed by atoms with E-state index in [-0.39, 0.29) is 24.3 Å². The molecule has 4 rings (SSSR count). The third kappa shape index (κ3) is 4.49. The predicted molar refractivity (Wildman–Crippen MR) is 115 cm³/mol. The number of furan rings is 1. The van der Waals surface area contributed by atoms with Crippen molar-refractivity contribution in [3.8, 4) is 5.75 Å². The number of H-pyrrole nitrogens is 1. The van der Waals surface area contributed by atoms with Crippen LogP contribution in [0.2, 0.25) is 5.02 Å². The second-order valence-corrected chi connectivity index (χ2v) is 7.32. The highest BCUT2D eigenvalue weighted by Crippen LogP contribution is 2.19. The SMILES string of the molecule is Cn1c(=O)[nH]c(=O)c2c1nc(NCc1ccco1)n2CC(O)COc1ccc(Cl)cc1. The normalized spacial score (nSPS) is 12.2. The molecule has 1 atom stereocenters. The van der Waals surface area contributed by atoms with Crippen LogP contribution < -0.4 is 21.3 Å². The summed E-state index contributed by atoms with van der Waals surface area (Å²) in [5.74, 6) is 1.52. The Hall–Kier alpha value is -3.50. The van der Waals surface area contributed by atoms with Crippen LogP contribution >= 0.6 is 11.6 Å². The Bertz CT molecular complexity index is 1290. The van der Waals surface area contributed by atoms with Crippen molar-refractivity contribution < 1.29 is 14.3 Å². The minimum Gasteiger partial charge on any atom is -0.491 e. The molecule has 0 aliphatic carbocycles. The van der Waals surface area contributed by atoms with Gasteiger partial charge >= 0.3 is 5.69 Å². The molecule has 11 heteroatoms. The highest BCUT2D eigenvalue weighted by molar-refractivity contribution is 6.30. The smallest absolute Gasteiger partial charge is 0.329 e. The molecule has 0 fully saturated rings. The lowest BCUT2D eigenvalue weighted by Gasteiger charge is -2.15. The number of fused-ring (bicyclic) bond motifs is 1. The molecule has 3 aromatic heterocycles. The molecule has 0 amide bonds. The highest BCUT2D eigenvalue weighted by Gasteiger charge is 2.20.